The van der Waals surface area contributed by atoms with Crippen molar-refractivity contribution in [2.75, 3.05) is 25.5 Å². The van der Waals surface area contributed by atoms with Crippen LogP contribution >= 0.6 is 0 Å². The molecule has 2 atom stereocenters. The summed E-state index contributed by atoms with van der Waals surface area (Å²) in [4.78, 5) is 40.9. The van der Waals surface area contributed by atoms with Crippen molar-refractivity contribution in [3.8, 4) is 5.75 Å². The summed E-state index contributed by atoms with van der Waals surface area (Å²) in [6, 6.07) is 10.9. The molecule has 3 aliphatic rings. The van der Waals surface area contributed by atoms with E-state index in [4.69, 9.17) is 4.74 Å². The zero-order valence-electron chi connectivity index (χ0n) is 19.1. The molecule has 33 heavy (non-hydrogen) atoms. The molecule has 1 saturated heterocycles. The first-order valence-corrected chi connectivity index (χ1v) is 12.0. The Morgan fingerprint density at radius 2 is 1.73 bits per heavy atom. The summed E-state index contributed by atoms with van der Waals surface area (Å²) in [5, 5.41) is 2.91. The molecule has 2 aliphatic heterocycles. The fraction of sp³-hybridized carbons (Fsp3) is 0.500. The first-order chi connectivity index (χ1) is 16.0. The van der Waals surface area contributed by atoms with Crippen molar-refractivity contribution < 1.29 is 14.3 Å². The average molecular weight is 450 g/mol. The van der Waals surface area contributed by atoms with E-state index < -0.39 is 0 Å². The molecule has 1 N–H and O–H groups in total. The number of carbonyl (C=O) groups excluding carboxylic acids is 2. The van der Waals surface area contributed by atoms with Gasteiger partial charge in [-0.2, -0.15) is 0 Å². The van der Waals surface area contributed by atoms with Crippen molar-refractivity contribution in [3.63, 3.8) is 0 Å². The molecule has 0 radical (unpaired) electrons. The topological polar surface area (TPSA) is 80.6 Å². The molecule has 3 heterocycles. The number of rotatable bonds is 4. The van der Waals surface area contributed by atoms with Gasteiger partial charge < -0.3 is 19.5 Å². The fourth-order valence-corrected chi connectivity index (χ4v) is 5.72. The van der Waals surface area contributed by atoms with Crippen molar-refractivity contribution in [3.05, 3.63) is 58.0 Å². The van der Waals surface area contributed by atoms with Gasteiger partial charge >= 0.3 is 0 Å². The van der Waals surface area contributed by atoms with Gasteiger partial charge in [0.05, 0.1) is 7.11 Å². The molecule has 2 unspecified atom stereocenters. The lowest BCUT2D eigenvalue weighted by Crippen LogP contribution is -2.49. The van der Waals surface area contributed by atoms with Crippen LogP contribution in [0.25, 0.3) is 0 Å². The molecule has 5 rings (SSSR count). The number of amides is 2. The molecule has 174 valence electrons. The van der Waals surface area contributed by atoms with E-state index in [0.29, 0.717) is 30.9 Å². The molecule has 1 aromatic heterocycles. The minimum Gasteiger partial charge on any atom is -0.497 e. The molecule has 2 fully saturated rings. The van der Waals surface area contributed by atoms with E-state index in [2.05, 4.69) is 5.32 Å². The first-order valence-electron chi connectivity index (χ1n) is 12.0. The van der Waals surface area contributed by atoms with E-state index in [1.807, 2.05) is 15.5 Å². The van der Waals surface area contributed by atoms with Gasteiger partial charge in [-0.05, 0) is 61.6 Å². The van der Waals surface area contributed by atoms with Gasteiger partial charge in [0.2, 0.25) is 5.91 Å². The number of hydrogen-bond acceptors (Lipinski definition) is 4. The maximum atomic E-state index is 13.2. The van der Waals surface area contributed by atoms with E-state index in [9.17, 15) is 14.4 Å². The lowest BCUT2D eigenvalue weighted by atomic mass is 9.83. The van der Waals surface area contributed by atoms with E-state index in [1.165, 1.54) is 6.42 Å². The van der Waals surface area contributed by atoms with Crippen molar-refractivity contribution >= 4 is 17.5 Å². The van der Waals surface area contributed by atoms with Crippen LogP contribution in [0.1, 0.15) is 60.5 Å². The van der Waals surface area contributed by atoms with Crippen LogP contribution in [-0.4, -0.2) is 41.5 Å². The minimum absolute atomic E-state index is 0.0103. The number of likely N-dealkylation sites (tertiary alicyclic amines) is 1. The number of nitrogens with one attached hydrogen (secondary N) is 1. The highest BCUT2D eigenvalue weighted by molar-refractivity contribution is 5.94. The standard InChI is InChI=1S/C26H31N3O4/c1-33-21-9-7-19(8-10-21)25(31)28-14-17-13-20(16-28)23-12-11-22(26(32)29(23)15-17)27-24(30)18-5-3-2-4-6-18/h7-12,17-18,20H,2-6,13-16H2,1H3,(H,27,30). The molecule has 7 heteroatoms. The zero-order valence-corrected chi connectivity index (χ0v) is 19.1. The third-order valence-corrected chi connectivity index (χ3v) is 7.46. The Labute approximate surface area is 193 Å². The van der Waals surface area contributed by atoms with Crippen molar-refractivity contribution in [2.24, 2.45) is 11.8 Å². The normalized spacial score (nSPS) is 22.4. The minimum atomic E-state index is -0.124. The Morgan fingerprint density at radius 3 is 2.45 bits per heavy atom. The molecule has 0 spiro atoms. The molecular formula is C26H31N3O4. The molecular weight excluding hydrogens is 418 g/mol. The summed E-state index contributed by atoms with van der Waals surface area (Å²) < 4.78 is 7.01. The number of methoxy groups -OCH3 is 1. The maximum absolute atomic E-state index is 13.2. The van der Waals surface area contributed by atoms with Gasteiger partial charge in [-0.1, -0.05) is 19.3 Å². The van der Waals surface area contributed by atoms with Gasteiger partial charge in [0.25, 0.3) is 11.5 Å². The van der Waals surface area contributed by atoms with Crippen LogP contribution in [0, 0.1) is 11.8 Å². The smallest absolute Gasteiger partial charge is 0.274 e. The van der Waals surface area contributed by atoms with Crippen LogP contribution in [0.15, 0.2) is 41.2 Å². The Hall–Kier alpha value is -3.09. The number of carbonyl (C=O) groups is 2. The molecule has 2 amide bonds. The summed E-state index contributed by atoms with van der Waals surface area (Å²) in [5.74, 6) is 1.06. The second-order valence-electron chi connectivity index (χ2n) is 9.65. The highest BCUT2D eigenvalue weighted by Gasteiger charge is 2.37. The van der Waals surface area contributed by atoms with Gasteiger partial charge in [0.15, 0.2) is 0 Å². The summed E-state index contributed by atoms with van der Waals surface area (Å²) in [6.07, 6.45) is 6.12. The lowest BCUT2D eigenvalue weighted by Gasteiger charge is -2.43. The van der Waals surface area contributed by atoms with Gasteiger partial charge in [-0.25, -0.2) is 0 Å². The second-order valence-corrected chi connectivity index (χ2v) is 9.65. The van der Waals surface area contributed by atoms with E-state index in [-0.39, 0.29) is 35.1 Å². The summed E-state index contributed by atoms with van der Waals surface area (Å²) in [5.41, 5.74) is 1.86. The zero-order chi connectivity index (χ0) is 22.9. The number of pyridine rings is 1. The maximum Gasteiger partial charge on any atom is 0.274 e. The number of benzene rings is 1. The number of nitrogens with zero attached hydrogens (tertiary/aromatic N) is 2. The molecule has 7 nitrogen and oxygen atoms in total. The molecule has 2 bridgehead atoms. The van der Waals surface area contributed by atoms with Crippen molar-refractivity contribution in [1.82, 2.24) is 9.47 Å². The molecule has 1 saturated carbocycles. The predicted octanol–water partition coefficient (Wildman–Crippen LogP) is 3.64. The summed E-state index contributed by atoms with van der Waals surface area (Å²) in [7, 11) is 1.61. The lowest BCUT2D eigenvalue weighted by molar-refractivity contribution is -0.120. The molecule has 1 aromatic carbocycles. The largest absolute Gasteiger partial charge is 0.497 e. The number of fused-ring (bicyclic) bond motifs is 4. The van der Waals surface area contributed by atoms with E-state index in [1.54, 1.807) is 37.4 Å². The average Bonchev–Trinajstić information content (AvgIpc) is 2.86. The third kappa shape index (κ3) is 4.28. The number of ether oxygens (including phenoxy) is 1. The number of hydrogen-bond donors (Lipinski definition) is 1. The molecule has 1 aliphatic carbocycles. The third-order valence-electron chi connectivity index (χ3n) is 7.46. The van der Waals surface area contributed by atoms with Crippen molar-refractivity contribution in [2.45, 2.75) is 51.0 Å². The van der Waals surface area contributed by atoms with Gasteiger partial charge in [0, 0.05) is 42.7 Å². The van der Waals surface area contributed by atoms with Gasteiger partial charge in [0.1, 0.15) is 11.4 Å². The van der Waals surface area contributed by atoms with E-state index in [0.717, 1.165) is 43.5 Å². The van der Waals surface area contributed by atoms with Crippen LogP contribution in [-0.2, 0) is 11.3 Å². The van der Waals surface area contributed by atoms with Crippen LogP contribution in [0.3, 0.4) is 0 Å². The van der Waals surface area contributed by atoms with Crippen molar-refractivity contribution in [1.29, 1.82) is 0 Å². The van der Waals surface area contributed by atoms with Crippen LogP contribution in [0.4, 0.5) is 5.69 Å². The molecule has 2 aromatic rings. The first kappa shape index (κ1) is 21.7. The quantitative estimate of drug-likeness (QED) is 0.773. The van der Waals surface area contributed by atoms with Gasteiger partial charge in [-0.15, -0.1) is 0 Å². The van der Waals surface area contributed by atoms with Crippen LogP contribution < -0.4 is 15.6 Å². The Morgan fingerprint density at radius 1 is 0.970 bits per heavy atom. The van der Waals surface area contributed by atoms with E-state index >= 15 is 0 Å². The number of anilines is 1. The van der Waals surface area contributed by atoms with Gasteiger partial charge in [-0.3, -0.25) is 14.4 Å². The Kier molecular flexibility index (Phi) is 5.96. The number of piperidine rings is 1. The summed E-state index contributed by atoms with van der Waals surface area (Å²) >= 11 is 0. The summed E-state index contributed by atoms with van der Waals surface area (Å²) in [6.45, 7) is 1.80. The Bertz CT molecular complexity index is 1100. The number of aromatic nitrogens is 1. The van der Waals surface area contributed by atoms with Crippen LogP contribution in [0.2, 0.25) is 0 Å². The predicted molar refractivity (Wildman–Crippen MR) is 126 cm³/mol. The monoisotopic (exact) mass is 449 g/mol. The SMILES string of the molecule is COc1ccc(C(=O)N2CC3CC(C2)c2ccc(NC(=O)C4CCCCC4)c(=O)n2C3)cc1. The highest BCUT2D eigenvalue weighted by Crippen LogP contribution is 2.36. The highest BCUT2D eigenvalue weighted by atomic mass is 16.5. The Balaban J connectivity index is 1.32. The van der Waals surface area contributed by atoms with Crippen LogP contribution in [0.5, 0.6) is 5.75 Å². The fourth-order valence-electron chi connectivity index (χ4n) is 5.72. The second kappa shape index (κ2) is 9.04.